The summed E-state index contributed by atoms with van der Waals surface area (Å²) in [4.78, 5) is 12.5. The first kappa shape index (κ1) is 23.3. The average Bonchev–Trinajstić information content (AvgIpc) is 2.57. The first-order valence-corrected chi connectivity index (χ1v) is 10.8. The van der Waals surface area contributed by atoms with E-state index in [-0.39, 0.29) is 27.8 Å². The van der Waals surface area contributed by atoms with Crippen molar-refractivity contribution in [2.75, 3.05) is 10.6 Å². The number of halogens is 5. The summed E-state index contributed by atoms with van der Waals surface area (Å²) in [5.41, 5.74) is -0.535. The first-order chi connectivity index (χ1) is 13.3. The number of hydrogen-bond acceptors (Lipinski definition) is 3. The smallest absolute Gasteiger partial charge is 0.350 e. The lowest BCUT2D eigenvalue weighted by atomic mass is 10.1. The van der Waals surface area contributed by atoms with Gasteiger partial charge in [0.1, 0.15) is 6.04 Å². The number of carbonyl (C=O) groups excluding carboxylic acids is 1. The van der Waals surface area contributed by atoms with Gasteiger partial charge in [-0.05, 0) is 42.8 Å². The van der Waals surface area contributed by atoms with Crippen molar-refractivity contribution in [3.05, 3.63) is 63.6 Å². The van der Waals surface area contributed by atoms with Crippen molar-refractivity contribution in [1.82, 2.24) is 5.32 Å². The Kier molecular flexibility index (Phi) is 7.08. The van der Waals surface area contributed by atoms with Gasteiger partial charge in [-0.2, -0.15) is 13.2 Å². The van der Waals surface area contributed by atoms with Gasteiger partial charge in [-0.25, -0.2) is 8.42 Å². The van der Waals surface area contributed by atoms with Gasteiger partial charge >= 0.3 is 6.18 Å². The van der Waals surface area contributed by atoms with Crippen molar-refractivity contribution in [3.63, 3.8) is 0 Å². The highest BCUT2D eigenvalue weighted by atomic mass is 35.5. The highest BCUT2D eigenvalue weighted by Gasteiger charge is 2.31. The summed E-state index contributed by atoms with van der Waals surface area (Å²) in [5, 5.41) is 2.81. The summed E-state index contributed by atoms with van der Waals surface area (Å²) in [7, 11) is -3.90. The number of rotatable bonds is 6. The van der Waals surface area contributed by atoms with E-state index in [1.165, 1.54) is 37.3 Å². The van der Waals surface area contributed by atoms with Gasteiger partial charge in [0.25, 0.3) is 0 Å². The van der Waals surface area contributed by atoms with Crippen LogP contribution < -0.4 is 9.62 Å². The molecular formula is C18H17Cl2F3N2O3S. The largest absolute Gasteiger partial charge is 0.416 e. The molecule has 29 heavy (non-hydrogen) atoms. The third-order valence-corrected chi connectivity index (χ3v) is 5.59. The van der Waals surface area contributed by atoms with Crippen LogP contribution in [-0.2, 0) is 27.5 Å². The number of anilines is 1. The maximum atomic E-state index is 12.8. The fraction of sp³-hybridized carbons (Fsp3) is 0.278. The number of alkyl halides is 3. The number of carbonyl (C=O) groups is 1. The van der Waals surface area contributed by atoms with E-state index in [0.717, 1.165) is 22.7 Å². The second-order valence-corrected chi connectivity index (χ2v) is 9.01. The Morgan fingerprint density at radius 1 is 1.14 bits per heavy atom. The molecule has 0 aromatic heterocycles. The molecule has 0 spiro atoms. The normalized spacial score (nSPS) is 13.1. The zero-order valence-electron chi connectivity index (χ0n) is 15.3. The Hall–Kier alpha value is -1.97. The molecule has 0 aliphatic rings. The van der Waals surface area contributed by atoms with Gasteiger partial charge in [0.2, 0.25) is 15.9 Å². The van der Waals surface area contributed by atoms with Crippen LogP contribution in [0.3, 0.4) is 0 Å². The Bertz CT molecular complexity index is 993. The van der Waals surface area contributed by atoms with E-state index in [9.17, 15) is 26.4 Å². The van der Waals surface area contributed by atoms with Crippen molar-refractivity contribution in [3.8, 4) is 0 Å². The molecule has 11 heteroatoms. The molecule has 0 fully saturated rings. The van der Waals surface area contributed by atoms with Gasteiger partial charge in [-0.3, -0.25) is 9.10 Å². The number of amides is 1. The molecule has 2 rings (SSSR count). The fourth-order valence-electron chi connectivity index (χ4n) is 2.67. The molecule has 0 aliphatic carbocycles. The molecule has 2 aromatic rings. The lowest BCUT2D eigenvalue weighted by Crippen LogP contribution is -2.47. The van der Waals surface area contributed by atoms with E-state index in [4.69, 9.17) is 23.2 Å². The molecule has 5 nitrogen and oxygen atoms in total. The van der Waals surface area contributed by atoms with E-state index in [2.05, 4.69) is 5.32 Å². The number of hydrogen-bond donors (Lipinski definition) is 1. The molecule has 1 atom stereocenters. The minimum Gasteiger partial charge on any atom is -0.350 e. The molecule has 0 radical (unpaired) electrons. The van der Waals surface area contributed by atoms with Crippen LogP contribution in [0.5, 0.6) is 0 Å². The van der Waals surface area contributed by atoms with Crippen LogP contribution in [0.1, 0.15) is 18.1 Å². The number of sulfonamides is 1. The second kappa shape index (κ2) is 8.81. The average molecular weight is 469 g/mol. The standard InChI is InChI=1S/C18H17Cl2F3N2O3S/c1-11(25(29(2,27)28)16-8-14(19)7-15(20)9-16)17(26)24-10-12-4-3-5-13(6-12)18(21,22)23/h3-9,11H,10H2,1-2H3,(H,24,26). The summed E-state index contributed by atoms with van der Waals surface area (Å²) in [6.45, 7) is 1.14. The molecule has 0 heterocycles. The van der Waals surface area contributed by atoms with Crippen LogP contribution in [0, 0.1) is 0 Å². The van der Waals surface area contributed by atoms with Crippen LogP contribution in [0.25, 0.3) is 0 Å². The highest BCUT2D eigenvalue weighted by Crippen LogP contribution is 2.30. The van der Waals surface area contributed by atoms with Gasteiger partial charge in [0.05, 0.1) is 17.5 Å². The van der Waals surface area contributed by atoms with Gasteiger partial charge < -0.3 is 5.32 Å². The number of nitrogens with zero attached hydrogens (tertiary/aromatic N) is 1. The predicted octanol–water partition coefficient (Wildman–Crippen LogP) is 4.48. The summed E-state index contributed by atoms with van der Waals surface area (Å²) >= 11 is 11.8. The third kappa shape index (κ3) is 6.25. The molecule has 0 aliphatic heterocycles. The van der Waals surface area contributed by atoms with E-state index in [1.54, 1.807) is 0 Å². The zero-order chi connectivity index (χ0) is 22.0. The molecular weight excluding hydrogens is 452 g/mol. The Balaban J connectivity index is 2.22. The number of nitrogens with one attached hydrogen (secondary N) is 1. The first-order valence-electron chi connectivity index (χ1n) is 8.18. The molecule has 2 aromatic carbocycles. The molecule has 0 saturated heterocycles. The SMILES string of the molecule is CC(C(=O)NCc1cccc(C(F)(F)F)c1)N(c1cc(Cl)cc(Cl)c1)S(C)(=O)=O. The van der Waals surface area contributed by atoms with Gasteiger partial charge in [-0.15, -0.1) is 0 Å². The maximum Gasteiger partial charge on any atom is 0.416 e. The summed E-state index contributed by atoms with van der Waals surface area (Å²) in [6.07, 6.45) is -3.59. The quantitative estimate of drug-likeness (QED) is 0.679. The molecule has 1 unspecified atom stereocenters. The van der Waals surface area contributed by atoms with Crippen molar-refractivity contribution in [2.24, 2.45) is 0 Å². The minimum absolute atomic E-state index is 0.0896. The van der Waals surface area contributed by atoms with Crippen molar-refractivity contribution >= 4 is 44.8 Å². The maximum absolute atomic E-state index is 12.8. The number of benzene rings is 2. The van der Waals surface area contributed by atoms with Crippen molar-refractivity contribution in [1.29, 1.82) is 0 Å². The van der Waals surface area contributed by atoms with Crippen LogP contribution in [0.15, 0.2) is 42.5 Å². The monoisotopic (exact) mass is 468 g/mol. The fourth-order valence-corrected chi connectivity index (χ4v) is 4.34. The zero-order valence-corrected chi connectivity index (χ0v) is 17.6. The molecule has 1 N–H and O–H groups in total. The van der Waals surface area contributed by atoms with E-state index in [0.29, 0.717) is 0 Å². The molecule has 158 valence electrons. The molecule has 1 amide bonds. The van der Waals surface area contributed by atoms with Crippen molar-refractivity contribution in [2.45, 2.75) is 25.7 Å². The van der Waals surface area contributed by atoms with Gasteiger partial charge in [0.15, 0.2) is 0 Å². The molecule has 0 bridgehead atoms. The van der Waals surface area contributed by atoms with Crippen LogP contribution in [-0.4, -0.2) is 26.6 Å². The van der Waals surface area contributed by atoms with Crippen LogP contribution in [0.4, 0.5) is 18.9 Å². The third-order valence-electron chi connectivity index (χ3n) is 3.91. The second-order valence-electron chi connectivity index (χ2n) is 6.28. The summed E-state index contributed by atoms with van der Waals surface area (Å²) in [5.74, 6) is -0.705. The van der Waals surface area contributed by atoms with Gasteiger partial charge in [-0.1, -0.05) is 35.3 Å². The van der Waals surface area contributed by atoms with Crippen LogP contribution in [0.2, 0.25) is 10.0 Å². The summed E-state index contributed by atoms with van der Waals surface area (Å²) in [6, 6.07) is 7.36. The lowest BCUT2D eigenvalue weighted by molar-refractivity contribution is -0.137. The van der Waals surface area contributed by atoms with Crippen LogP contribution >= 0.6 is 23.2 Å². The van der Waals surface area contributed by atoms with Crippen molar-refractivity contribution < 1.29 is 26.4 Å². The minimum atomic E-state index is -4.51. The van der Waals surface area contributed by atoms with Gasteiger partial charge in [0, 0.05) is 16.6 Å². The molecule has 0 saturated carbocycles. The predicted molar refractivity (Wildman–Crippen MR) is 107 cm³/mol. The Morgan fingerprint density at radius 2 is 1.72 bits per heavy atom. The lowest BCUT2D eigenvalue weighted by Gasteiger charge is -2.28. The van der Waals surface area contributed by atoms with E-state index in [1.807, 2.05) is 0 Å². The van der Waals surface area contributed by atoms with E-state index >= 15 is 0 Å². The summed E-state index contributed by atoms with van der Waals surface area (Å²) < 4.78 is 63.8. The van der Waals surface area contributed by atoms with E-state index < -0.39 is 33.7 Å². The highest BCUT2D eigenvalue weighted by molar-refractivity contribution is 7.92. The Morgan fingerprint density at radius 3 is 2.24 bits per heavy atom. The Labute approximate surface area is 176 Å². The topological polar surface area (TPSA) is 66.5 Å².